The van der Waals surface area contributed by atoms with Crippen molar-refractivity contribution in [3.8, 4) is 11.1 Å². The standard InChI is InChI=1S/C24H26ClFN6O2/c1-31(2)22(33)17-16(27)4-3-14(20(17)26)15-9-29-21-18(19(15)25)23(11-30-21)5-6-24(34,10-23)12-32-8-7-28-13-32/h3-4,7-9,13,34H,5-6,10-12,27H2,1-2H3,(H,29,30)/t23-,24-/m0/s1. The maximum atomic E-state index is 15.6. The molecule has 8 nitrogen and oxygen atoms in total. The Balaban J connectivity index is 1.56. The number of nitrogens with zero attached hydrogens (tertiary/aromatic N) is 4. The molecular weight excluding hydrogens is 459 g/mol. The number of nitrogen functional groups attached to an aromatic ring is 1. The molecule has 1 amide bonds. The first-order valence-corrected chi connectivity index (χ1v) is 11.4. The molecule has 1 fully saturated rings. The molecule has 1 aliphatic heterocycles. The Kier molecular flexibility index (Phi) is 5.29. The van der Waals surface area contributed by atoms with E-state index in [4.69, 9.17) is 17.3 Å². The zero-order valence-corrected chi connectivity index (χ0v) is 19.7. The summed E-state index contributed by atoms with van der Waals surface area (Å²) in [6.45, 7) is 1.01. The van der Waals surface area contributed by atoms with Crippen LogP contribution >= 0.6 is 11.6 Å². The zero-order chi connectivity index (χ0) is 24.3. The topological polar surface area (TPSA) is 109 Å². The van der Waals surface area contributed by atoms with Crippen LogP contribution in [-0.2, 0) is 12.0 Å². The third-order valence-corrected chi connectivity index (χ3v) is 7.39. The summed E-state index contributed by atoms with van der Waals surface area (Å²) in [6, 6.07) is 3.03. The van der Waals surface area contributed by atoms with Crippen molar-refractivity contribution in [1.82, 2.24) is 19.4 Å². The number of pyridine rings is 1. The van der Waals surface area contributed by atoms with Gasteiger partial charge in [0.05, 0.1) is 29.1 Å². The molecule has 3 heterocycles. The van der Waals surface area contributed by atoms with Gasteiger partial charge in [0, 0.05) is 67.0 Å². The molecule has 34 heavy (non-hydrogen) atoms. The minimum Gasteiger partial charge on any atom is -0.398 e. The number of nitrogens with two attached hydrogens (primary N) is 1. The number of amides is 1. The third-order valence-electron chi connectivity index (χ3n) is 7.00. The maximum Gasteiger partial charge on any atom is 0.258 e. The summed E-state index contributed by atoms with van der Waals surface area (Å²) in [5.41, 5.74) is 5.77. The van der Waals surface area contributed by atoms with Crippen LogP contribution < -0.4 is 11.1 Å². The summed E-state index contributed by atoms with van der Waals surface area (Å²) in [6.07, 6.45) is 8.49. The molecule has 178 valence electrons. The van der Waals surface area contributed by atoms with Gasteiger partial charge in [-0.1, -0.05) is 11.6 Å². The Labute approximate surface area is 201 Å². The number of fused-ring (bicyclic) bond motifs is 2. The lowest BCUT2D eigenvalue weighted by Crippen LogP contribution is -2.35. The molecule has 0 radical (unpaired) electrons. The Morgan fingerprint density at radius 1 is 1.35 bits per heavy atom. The average molecular weight is 485 g/mol. The number of carbonyl (C=O) groups excluding carboxylic acids is 1. The zero-order valence-electron chi connectivity index (χ0n) is 19.0. The van der Waals surface area contributed by atoms with Crippen molar-refractivity contribution >= 4 is 29.0 Å². The van der Waals surface area contributed by atoms with Gasteiger partial charge in [0.15, 0.2) is 0 Å². The number of anilines is 2. The molecule has 2 aliphatic rings. The lowest BCUT2D eigenvalue weighted by atomic mass is 9.79. The van der Waals surface area contributed by atoms with Crippen LogP contribution in [-0.4, -0.2) is 56.7 Å². The third kappa shape index (κ3) is 3.50. The van der Waals surface area contributed by atoms with Crippen molar-refractivity contribution in [1.29, 1.82) is 0 Å². The Morgan fingerprint density at radius 3 is 2.85 bits per heavy atom. The van der Waals surface area contributed by atoms with Crippen LogP contribution in [0.4, 0.5) is 15.9 Å². The Bertz CT molecular complexity index is 1280. The summed E-state index contributed by atoms with van der Waals surface area (Å²) in [4.78, 5) is 22.4. The molecule has 2 atom stereocenters. The number of imidazole rings is 1. The number of halogens is 2. The second-order valence-corrected chi connectivity index (χ2v) is 9.95. The predicted octanol–water partition coefficient (Wildman–Crippen LogP) is 3.30. The molecule has 2 aromatic heterocycles. The van der Waals surface area contributed by atoms with Crippen LogP contribution in [0.2, 0.25) is 5.02 Å². The van der Waals surface area contributed by atoms with E-state index in [2.05, 4.69) is 15.3 Å². The lowest BCUT2D eigenvalue weighted by molar-refractivity contribution is 0.0244. The number of hydrogen-bond acceptors (Lipinski definition) is 6. The highest BCUT2D eigenvalue weighted by molar-refractivity contribution is 6.34. The first-order chi connectivity index (χ1) is 16.1. The Morgan fingerprint density at radius 2 is 2.15 bits per heavy atom. The summed E-state index contributed by atoms with van der Waals surface area (Å²) in [7, 11) is 3.08. The fraction of sp³-hybridized carbons (Fsp3) is 0.375. The van der Waals surface area contributed by atoms with Crippen LogP contribution in [0.25, 0.3) is 11.1 Å². The molecule has 5 rings (SSSR count). The highest BCUT2D eigenvalue weighted by Gasteiger charge is 2.53. The van der Waals surface area contributed by atoms with Gasteiger partial charge < -0.3 is 25.6 Å². The number of rotatable bonds is 4. The second-order valence-electron chi connectivity index (χ2n) is 9.57. The first-order valence-electron chi connectivity index (χ1n) is 11.1. The molecule has 0 bridgehead atoms. The van der Waals surface area contributed by atoms with Gasteiger partial charge >= 0.3 is 0 Å². The molecule has 1 spiro atoms. The molecule has 10 heteroatoms. The molecule has 0 saturated heterocycles. The van der Waals surface area contributed by atoms with Crippen LogP contribution in [0.15, 0.2) is 37.1 Å². The normalized spacial score (nSPS) is 23.2. The minimum absolute atomic E-state index is 0.0590. The number of aromatic nitrogens is 3. The number of aliphatic hydroxyl groups is 1. The van der Waals surface area contributed by atoms with E-state index in [0.717, 1.165) is 5.56 Å². The van der Waals surface area contributed by atoms with Crippen molar-refractivity contribution in [3.05, 3.63) is 59.0 Å². The van der Waals surface area contributed by atoms with Gasteiger partial charge in [-0.2, -0.15) is 0 Å². The van der Waals surface area contributed by atoms with Gasteiger partial charge in [-0.25, -0.2) is 14.4 Å². The van der Waals surface area contributed by atoms with E-state index in [-0.39, 0.29) is 16.8 Å². The van der Waals surface area contributed by atoms with Crippen molar-refractivity contribution < 1.29 is 14.3 Å². The summed E-state index contributed by atoms with van der Waals surface area (Å²) >= 11 is 6.93. The van der Waals surface area contributed by atoms with E-state index in [0.29, 0.717) is 48.8 Å². The van der Waals surface area contributed by atoms with E-state index in [1.54, 1.807) is 12.5 Å². The molecule has 0 unspecified atom stereocenters. The fourth-order valence-corrected chi connectivity index (χ4v) is 5.81. The minimum atomic E-state index is -0.929. The van der Waals surface area contributed by atoms with Crippen molar-refractivity contribution in [2.24, 2.45) is 0 Å². The summed E-state index contributed by atoms with van der Waals surface area (Å²) in [5, 5.41) is 15.0. The molecular formula is C24H26ClFN6O2. The van der Waals surface area contributed by atoms with Crippen LogP contribution in [0.1, 0.15) is 35.2 Å². The SMILES string of the molecule is CN(C)C(=O)c1c(N)ccc(-c2cnc3c(c2Cl)[C@]2(CC[C@@](O)(Cn4ccnc4)C2)CN3)c1F. The van der Waals surface area contributed by atoms with Crippen molar-refractivity contribution in [2.45, 2.75) is 36.8 Å². The van der Waals surface area contributed by atoms with Crippen LogP contribution in [0.3, 0.4) is 0 Å². The predicted molar refractivity (Wildman–Crippen MR) is 128 cm³/mol. The summed E-state index contributed by atoms with van der Waals surface area (Å²) < 4.78 is 17.5. The van der Waals surface area contributed by atoms with E-state index in [1.807, 2.05) is 10.8 Å². The average Bonchev–Trinajstić information content (AvgIpc) is 3.50. The largest absolute Gasteiger partial charge is 0.398 e. The first kappa shape index (κ1) is 22.6. The van der Waals surface area contributed by atoms with Gasteiger partial charge in [-0.15, -0.1) is 0 Å². The van der Waals surface area contributed by atoms with Gasteiger partial charge in [0.1, 0.15) is 11.6 Å². The van der Waals surface area contributed by atoms with Crippen LogP contribution in [0, 0.1) is 5.82 Å². The van der Waals surface area contributed by atoms with E-state index >= 15 is 4.39 Å². The van der Waals surface area contributed by atoms with Gasteiger partial charge in [0.25, 0.3) is 5.91 Å². The highest BCUT2D eigenvalue weighted by Crippen LogP contribution is 2.55. The monoisotopic (exact) mass is 484 g/mol. The highest BCUT2D eigenvalue weighted by atomic mass is 35.5. The molecule has 4 N–H and O–H groups in total. The lowest BCUT2D eigenvalue weighted by Gasteiger charge is -2.29. The smallest absolute Gasteiger partial charge is 0.258 e. The number of carbonyl (C=O) groups is 1. The van der Waals surface area contributed by atoms with Crippen molar-refractivity contribution in [3.63, 3.8) is 0 Å². The van der Waals surface area contributed by atoms with Gasteiger partial charge in [-0.3, -0.25) is 4.79 Å². The van der Waals surface area contributed by atoms with E-state index in [1.165, 1.54) is 37.3 Å². The maximum absolute atomic E-state index is 15.6. The van der Waals surface area contributed by atoms with E-state index in [9.17, 15) is 9.90 Å². The van der Waals surface area contributed by atoms with E-state index < -0.39 is 22.7 Å². The quantitative estimate of drug-likeness (QED) is 0.490. The van der Waals surface area contributed by atoms with Gasteiger partial charge in [0.2, 0.25) is 0 Å². The second kappa shape index (κ2) is 7.95. The molecule has 1 aliphatic carbocycles. The fourth-order valence-electron chi connectivity index (χ4n) is 5.37. The van der Waals surface area contributed by atoms with Crippen LogP contribution in [0.5, 0.6) is 0 Å². The Hall–Kier alpha value is -3.17. The molecule has 1 aromatic carbocycles. The number of nitrogens with one attached hydrogen (secondary N) is 1. The van der Waals surface area contributed by atoms with Crippen molar-refractivity contribution in [2.75, 3.05) is 31.7 Å². The molecule has 3 aromatic rings. The summed E-state index contributed by atoms with van der Waals surface area (Å²) in [5.74, 6) is -0.618. The van der Waals surface area contributed by atoms with Gasteiger partial charge in [-0.05, 0) is 31.4 Å². The molecule has 1 saturated carbocycles. The number of hydrogen-bond donors (Lipinski definition) is 3. The number of benzene rings is 1.